The summed E-state index contributed by atoms with van der Waals surface area (Å²) in [5.74, 6) is -0.861. The molecule has 0 radical (unpaired) electrons. The molecule has 136 valence electrons. The number of hydrogen-bond donors (Lipinski definition) is 0. The van der Waals surface area contributed by atoms with Crippen LogP contribution in [0.3, 0.4) is 0 Å². The first-order valence-electron chi connectivity index (χ1n) is 7.60. The van der Waals surface area contributed by atoms with Crippen LogP contribution in [0.5, 0.6) is 0 Å². The molecule has 1 aliphatic heterocycles. The van der Waals surface area contributed by atoms with Crippen molar-refractivity contribution in [3.05, 3.63) is 38.4 Å². The van der Waals surface area contributed by atoms with E-state index in [1.165, 1.54) is 27.4 Å². The van der Waals surface area contributed by atoms with Crippen LogP contribution in [0.15, 0.2) is 23.1 Å². The number of rotatable bonds is 4. The number of nitrogens with zero attached hydrogens (tertiary/aromatic N) is 3. The normalized spacial score (nSPS) is 24.2. The molecule has 11 heteroatoms. The summed E-state index contributed by atoms with van der Waals surface area (Å²) in [6, 6.07) is 3.58. The summed E-state index contributed by atoms with van der Waals surface area (Å²) in [6.07, 6.45) is 0.252. The Labute approximate surface area is 154 Å². The van der Waals surface area contributed by atoms with Crippen molar-refractivity contribution in [2.24, 2.45) is 5.92 Å². The standard InChI is InChI=1S/C14H15Cl2N3O5S/c15-10-2-1-3-12(13(10)16)25(23,24)18-6-4-17(5-7-18)14(20)9-8-11(9)19(21)22/h1-3,9,11H,4-8H2/t9-,11+/m0/s1. The Hall–Kier alpha value is -1.42. The van der Waals surface area contributed by atoms with Crippen LogP contribution in [0.4, 0.5) is 0 Å². The van der Waals surface area contributed by atoms with E-state index >= 15 is 0 Å². The van der Waals surface area contributed by atoms with Gasteiger partial charge < -0.3 is 4.90 Å². The van der Waals surface area contributed by atoms with E-state index in [2.05, 4.69) is 0 Å². The Morgan fingerprint density at radius 1 is 1.20 bits per heavy atom. The summed E-state index contributed by atoms with van der Waals surface area (Å²) >= 11 is 11.9. The van der Waals surface area contributed by atoms with Crippen molar-refractivity contribution in [1.29, 1.82) is 0 Å². The first-order chi connectivity index (χ1) is 11.7. The van der Waals surface area contributed by atoms with Crippen LogP contribution in [0.2, 0.25) is 10.0 Å². The lowest BCUT2D eigenvalue weighted by molar-refractivity contribution is -0.497. The van der Waals surface area contributed by atoms with Crippen LogP contribution >= 0.6 is 23.2 Å². The lowest BCUT2D eigenvalue weighted by Crippen LogP contribution is -2.51. The van der Waals surface area contributed by atoms with Crippen molar-refractivity contribution in [2.75, 3.05) is 26.2 Å². The van der Waals surface area contributed by atoms with Crippen LogP contribution in [0.1, 0.15) is 6.42 Å². The third-order valence-corrected chi connectivity index (χ3v) is 7.30. The monoisotopic (exact) mass is 407 g/mol. The molecule has 1 aromatic rings. The van der Waals surface area contributed by atoms with Crippen molar-refractivity contribution in [3.63, 3.8) is 0 Å². The molecule has 1 aromatic carbocycles. The van der Waals surface area contributed by atoms with Crippen LogP contribution in [-0.4, -0.2) is 60.7 Å². The molecule has 1 heterocycles. The van der Waals surface area contributed by atoms with Gasteiger partial charge in [-0.15, -0.1) is 0 Å². The maximum absolute atomic E-state index is 12.7. The zero-order chi connectivity index (χ0) is 18.4. The van der Waals surface area contributed by atoms with Crippen molar-refractivity contribution in [1.82, 2.24) is 9.21 Å². The molecular weight excluding hydrogens is 393 g/mol. The number of benzene rings is 1. The summed E-state index contributed by atoms with van der Waals surface area (Å²) in [5.41, 5.74) is 0. The fourth-order valence-corrected chi connectivity index (χ4v) is 5.04. The molecule has 25 heavy (non-hydrogen) atoms. The highest BCUT2D eigenvalue weighted by molar-refractivity contribution is 7.89. The fraction of sp³-hybridized carbons (Fsp3) is 0.500. The molecule has 1 saturated heterocycles. The number of hydrogen-bond acceptors (Lipinski definition) is 5. The number of carbonyl (C=O) groups excluding carboxylic acids is 1. The first kappa shape index (κ1) is 18.4. The lowest BCUT2D eigenvalue weighted by Gasteiger charge is -2.34. The van der Waals surface area contributed by atoms with Crippen molar-refractivity contribution in [2.45, 2.75) is 17.4 Å². The number of piperazine rings is 1. The molecule has 2 aliphatic rings. The molecule has 0 aromatic heterocycles. The van der Waals surface area contributed by atoms with Crippen molar-refractivity contribution < 1.29 is 18.1 Å². The van der Waals surface area contributed by atoms with Gasteiger partial charge in [-0.2, -0.15) is 4.31 Å². The molecule has 2 fully saturated rings. The molecule has 2 atom stereocenters. The molecule has 8 nitrogen and oxygen atoms in total. The van der Waals surface area contributed by atoms with Gasteiger partial charge in [-0.1, -0.05) is 29.3 Å². The fourth-order valence-electron chi connectivity index (χ4n) is 2.89. The highest BCUT2D eigenvalue weighted by Crippen LogP contribution is 2.35. The van der Waals surface area contributed by atoms with Gasteiger partial charge in [0, 0.05) is 37.5 Å². The molecular formula is C14H15Cl2N3O5S. The second kappa shape index (κ2) is 6.71. The van der Waals surface area contributed by atoms with Gasteiger partial charge in [-0.25, -0.2) is 8.42 Å². The first-order valence-corrected chi connectivity index (χ1v) is 9.79. The topological polar surface area (TPSA) is 101 Å². The van der Waals surface area contributed by atoms with E-state index in [1.54, 1.807) is 0 Å². The molecule has 0 unspecified atom stereocenters. The second-order valence-electron chi connectivity index (χ2n) is 5.98. The maximum atomic E-state index is 12.7. The third kappa shape index (κ3) is 3.46. The largest absolute Gasteiger partial charge is 0.340 e. The average Bonchev–Trinajstić information content (AvgIpc) is 3.37. The number of nitro groups is 1. The third-order valence-electron chi connectivity index (χ3n) is 4.43. The lowest BCUT2D eigenvalue weighted by atomic mass is 10.3. The van der Waals surface area contributed by atoms with Crippen molar-refractivity contribution in [3.8, 4) is 0 Å². The van der Waals surface area contributed by atoms with Gasteiger partial charge in [0.05, 0.1) is 10.0 Å². The molecule has 1 aliphatic carbocycles. The summed E-state index contributed by atoms with van der Waals surface area (Å²) in [6.45, 7) is 0.591. The van der Waals surface area contributed by atoms with E-state index in [1.807, 2.05) is 0 Å². The van der Waals surface area contributed by atoms with Gasteiger partial charge in [0.15, 0.2) is 0 Å². The van der Waals surface area contributed by atoms with Crippen LogP contribution in [-0.2, 0) is 14.8 Å². The molecule has 0 bridgehead atoms. The molecule has 0 N–H and O–H groups in total. The Morgan fingerprint density at radius 2 is 1.84 bits per heavy atom. The van der Waals surface area contributed by atoms with Gasteiger partial charge in [0.1, 0.15) is 10.8 Å². The van der Waals surface area contributed by atoms with Gasteiger partial charge in [-0.05, 0) is 12.1 Å². The predicted octanol–water partition coefficient (Wildman–Crippen LogP) is 1.49. The minimum absolute atomic E-state index is 0.0329. The smallest absolute Gasteiger partial charge is 0.244 e. The van der Waals surface area contributed by atoms with E-state index in [0.29, 0.717) is 0 Å². The van der Waals surface area contributed by atoms with E-state index in [-0.39, 0.29) is 53.4 Å². The van der Waals surface area contributed by atoms with Gasteiger partial charge in [0.2, 0.25) is 22.0 Å². The van der Waals surface area contributed by atoms with Gasteiger partial charge in [-0.3, -0.25) is 14.9 Å². The maximum Gasteiger partial charge on any atom is 0.244 e. The molecule has 0 spiro atoms. The van der Waals surface area contributed by atoms with Crippen LogP contribution in [0, 0.1) is 16.0 Å². The second-order valence-corrected chi connectivity index (χ2v) is 8.67. The Kier molecular flexibility index (Phi) is 4.93. The molecule has 1 amide bonds. The van der Waals surface area contributed by atoms with E-state index in [9.17, 15) is 23.3 Å². The number of carbonyl (C=O) groups is 1. The Morgan fingerprint density at radius 3 is 2.40 bits per heavy atom. The van der Waals surface area contributed by atoms with E-state index in [0.717, 1.165) is 0 Å². The molecule has 1 saturated carbocycles. The summed E-state index contributed by atoms with van der Waals surface area (Å²) < 4.78 is 26.7. The van der Waals surface area contributed by atoms with Gasteiger partial charge >= 0.3 is 0 Å². The zero-order valence-corrected chi connectivity index (χ0v) is 15.3. The minimum atomic E-state index is -3.82. The molecule has 3 rings (SSSR count). The van der Waals surface area contributed by atoms with Crippen LogP contribution < -0.4 is 0 Å². The average molecular weight is 408 g/mol. The van der Waals surface area contributed by atoms with E-state index in [4.69, 9.17) is 23.2 Å². The van der Waals surface area contributed by atoms with Crippen molar-refractivity contribution >= 4 is 39.1 Å². The number of halogens is 2. The van der Waals surface area contributed by atoms with E-state index < -0.39 is 26.9 Å². The van der Waals surface area contributed by atoms with Gasteiger partial charge in [0.25, 0.3) is 0 Å². The quantitative estimate of drug-likeness (QED) is 0.555. The van der Waals surface area contributed by atoms with Crippen LogP contribution in [0.25, 0.3) is 0 Å². The highest BCUT2D eigenvalue weighted by atomic mass is 35.5. The Balaban J connectivity index is 1.67. The summed E-state index contributed by atoms with van der Waals surface area (Å²) in [4.78, 5) is 23.9. The Bertz CT molecular complexity index is 824. The minimum Gasteiger partial charge on any atom is -0.340 e. The summed E-state index contributed by atoms with van der Waals surface area (Å²) in [7, 11) is -3.82. The number of sulfonamides is 1. The highest BCUT2D eigenvalue weighted by Gasteiger charge is 2.54. The predicted molar refractivity (Wildman–Crippen MR) is 90.7 cm³/mol. The number of amides is 1. The zero-order valence-electron chi connectivity index (χ0n) is 13.0. The summed E-state index contributed by atoms with van der Waals surface area (Å²) in [5, 5.41) is 10.8. The SMILES string of the molecule is O=C([C@H]1C[C@H]1[N+](=O)[O-])N1CCN(S(=O)(=O)c2cccc(Cl)c2Cl)CC1.